The third-order valence-corrected chi connectivity index (χ3v) is 31.8. The van der Waals surface area contributed by atoms with E-state index in [2.05, 4.69) is 0 Å². The van der Waals surface area contributed by atoms with Gasteiger partial charge in [-0.3, -0.25) is 0 Å². The van der Waals surface area contributed by atoms with Gasteiger partial charge in [-0.1, -0.05) is 0 Å². The summed E-state index contributed by atoms with van der Waals surface area (Å²) < 4.78 is 130. The molecule has 0 aliphatic heterocycles. The van der Waals surface area contributed by atoms with Crippen molar-refractivity contribution in [3.63, 3.8) is 0 Å². The van der Waals surface area contributed by atoms with Crippen molar-refractivity contribution in [1.82, 2.24) is 0 Å². The Kier molecular flexibility index (Phi) is 36.1. The zero-order valence-electron chi connectivity index (χ0n) is 40.6. The molecular formula is C34H82Cl2O20Si7. The Labute approximate surface area is 397 Å². The molecule has 0 rings (SSSR count). The van der Waals surface area contributed by atoms with Crippen molar-refractivity contribution >= 4 is 86.1 Å². The topological polar surface area (TPSA) is 185 Å². The van der Waals surface area contributed by atoms with Crippen molar-refractivity contribution in [2.75, 3.05) is 104 Å². The van der Waals surface area contributed by atoms with Crippen LogP contribution in [0.2, 0.25) is 12.1 Å². The minimum absolute atomic E-state index is 0.00404. The standard InChI is InChI=1S/C34H82Cl2O20Si7/c1-15-37-57(38-16-2,33-29-31-35)51-59(41-19-5,42-20-6)53-61(45-23-9,46-24-10)55-63(49-27-13,50-28-14)56-62(47-25-11,48-26-12)54-60(43-21-7,44-22-8)52-58(39-17-3,40-18-4)34-30-32-36/h15-34H2,1-14H3. The first-order valence-corrected chi connectivity index (χ1v) is 35.6. The van der Waals surface area contributed by atoms with E-state index in [0.29, 0.717) is 36.7 Å². The van der Waals surface area contributed by atoms with E-state index in [1.165, 1.54) is 0 Å². The van der Waals surface area contributed by atoms with Crippen molar-refractivity contribution in [2.45, 2.75) is 122 Å². The van der Waals surface area contributed by atoms with Crippen molar-refractivity contribution in [3.8, 4) is 0 Å². The summed E-state index contributed by atoms with van der Waals surface area (Å²) in [6.45, 7) is 26.3. The van der Waals surface area contributed by atoms with E-state index >= 15 is 0 Å². The molecule has 0 saturated carbocycles. The highest BCUT2D eigenvalue weighted by Crippen LogP contribution is 2.35. The van der Waals surface area contributed by atoms with Gasteiger partial charge in [-0.05, 0) is 110 Å². The second-order valence-electron chi connectivity index (χ2n) is 12.1. The summed E-state index contributed by atoms with van der Waals surface area (Å²) in [6.07, 6.45) is 1.02. The third kappa shape index (κ3) is 22.3. The Morgan fingerprint density at radius 1 is 0.238 bits per heavy atom. The van der Waals surface area contributed by atoms with Crippen molar-refractivity contribution in [3.05, 3.63) is 0 Å². The molecule has 20 nitrogen and oxygen atoms in total. The van der Waals surface area contributed by atoms with Gasteiger partial charge in [0, 0.05) is 116 Å². The first-order chi connectivity index (χ1) is 30.2. The van der Waals surface area contributed by atoms with Gasteiger partial charge in [0.1, 0.15) is 0 Å². The van der Waals surface area contributed by atoms with Crippen molar-refractivity contribution in [1.29, 1.82) is 0 Å². The minimum Gasteiger partial charge on any atom is -0.374 e. The maximum Gasteiger partial charge on any atom is 0.668 e. The predicted molar refractivity (Wildman–Crippen MR) is 250 cm³/mol. The fraction of sp³-hybridized carbons (Fsp3) is 1.00. The fourth-order valence-electron chi connectivity index (χ4n) is 5.70. The normalized spacial score (nSPS) is 13.7. The Bertz CT molecular complexity index is 1010. The average molecular weight is 1080 g/mol. The summed E-state index contributed by atoms with van der Waals surface area (Å²) in [4.78, 5) is 0. The van der Waals surface area contributed by atoms with Gasteiger partial charge in [-0.15, -0.1) is 23.2 Å². The molecule has 0 fully saturated rings. The minimum atomic E-state index is -4.78. The molecule has 0 heterocycles. The first kappa shape index (κ1) is 64.3. The van der Waals surface area contributed by atoms with Crippen molar-refractivity contribution in [2.24, 2.45) is 0 Å². The number of halogens is 2. The highest BCUT2D eigenvalue weighted by atomic mass is 35.5. The molecule has 0 atom stereocenters. The fourth-order valence-corrected chi connectivity index (χ4v) is 31.2. The van der Waals surface area contributed by atoms with E-state index in [1.807, 2.05) is 27.7 Å². The molecule has 0 aromatic rings. The second-order valence-corrected chi connectivity index (χ2v) is 30.6. The summed E-state index contributed by atoms with van der Waals surface area (Å²) in [5.74, 6) is 0.654. The molecule has 0 aromatic heterocycles. The van der Waals surface area contributed by atoms with E-state index in [1.54, 1.807) is 69.2 Å². The van der Waals surface area contributed by atoms with Gasteiger partial charge in [0.05, 0.1) is 0 Å². The first-order valence-electron chi connectivity index (χ1n) is 22.5. The molecule has 63 heavy (non-hydrogen) atoms. The highest BCUT2D eigenvalue weighted by molar-refractivity contribution is 6.82. The van der Waals surface area contributed by atoms with Crippen LogP contribution in [0.1, 0.15) is 110 Å². The van der Waals surface area contributed by atoms with Crippen LogP contribution in [0.15, 0.2) is 0 Å². The lowest BCUT2D eigenvalue weighted by molar-refractivity contribution is -0.0854. The van der Waals surface area contributed by atoms with Gasteiger partial charge < -0.3 is 86.7 Å². The van der Waals surface area contributed by atoms with E-state index < -0.39 is 62.8 Å². The van der Waals surface area contributed by atoms with Crippen LogP contribution >= 0.6 is 23.2 Å². The molecular weight excluding hydrogens is 996 g/mol. The van der Waals surface area contributed by atoms with Crippen LogP contribution in [0, 0.1) is 0 Å². The van der Waals surface area contributed by atoms with Crippen molar-refractivity contribution < 1.29 is 86.7 Å². The Balaban J connectivity index is 8.24. The molecule has 0 amide bonds. The Morgan fingerprint density at radius 2 is 0.397 bits per heavy atom. The third-order valence-electron chi connectivity index (χ3n) is 7.46. The van der Waals surface area contributed by atoms with E-state index in [-0.39, 0.29) is 92.5 Å². The quantitative estimate of drug-likeness (QED) is 0.0452. The lowest BCUT2D eigenvalue weighted by Crippen LogP contribution is -2.73. The number of rotatable bonds is 46. The van der Waals surface area contributed by atoms with Gasteiger partial charge in [0.25, 0.3) is 0 Å². The molecule has 0 saturated heterocycles. The summed E-state index contributed by atoms with van der Waals surface area (Å²) in [5, 5.41) is 0. The van der Waals surface area contributed by atoms with Crippen LogP contribution in [0.3, 0.4) is 0 Å². The summed E-state index contributed by atoms with van der Waals surface area (Å²) in [7, 11) is -30.4. The number of alkyl halides is 2. The molecule has 0 bridgehead atoms. The molecule has 0 spiro atoms. The highest BCUT2D eigenvalue weighted by Gasteiger charge is 2.73. The maximum absolute atomic E-state index is 6.95. The van der Waals surface area contributed by atoms with Crippen LogP contribution in [-0.2, 0) is 86.7 Å². The molecule has 0 radical (unpaired) electrons. The summed E-state index contributed by atoms with van der Waals surface area (Å²) >= 11 is 12.4. The second kappa shape index (κ2) is 35.4. The molecule has 0 aliphatic rings. The van der Waals surface area contributed by atoms with Gasteiger partial charge in [-0.2, -0.15) is 0 Å². The molecule has 0 unspecified atom stereocenters. The van der Waals surface area contributed by atoms with Gasteiger partial charge in [-0.25, -0.2) is 0 Å². The molecule has 0 aromatic carbocycles. The Hall–Kier alpha value is 1.30. The monoisotopic (exact) mass is 1080 g/mol. The van der Waals surface area contributed by atoms with Gasteiger partial charge in [0.15, 0.2) is 0 Å². The predicted octanol–water partition coefficient (Wildman–Crippen LogP) is 6.91. The van der Waals surface area contributed by atoms with E-state index in [0.717, 1.165) is 0 Å². The summed E-state index contributed by atoms with van der Waals surface area (Å²) in [6, 6.07) is 0.665. The largest absolute Gasteiger partial charge is 0.668 e. The molecule has 0 N–H and O–H groups in total. The lowest BCUT2D eigenvalue weighted by Gasteiger charge is -2.43. The van der Waals surface area contributed by atoms with Gasteiger partial charge in [0.2, 0.25) is 0 Å². The van der Waals surface area contributed by atoms with Crippen LogP contribution < -0.4 is 0 Å². The smallest absolute Gasteiger partial charge is 0.374 e. The molecule has 0 aliphatic carbocycles. The van der Waals surface area contributed by atoms with E-state index in [4.69, 9.17) is 110 Å². The molecule has 29 heteroatoms. The summed E-state index contributed by atoms with van der Waals surface area (Å²) in [5.41, 5.74) is 0. The number of hydrogen-bond donors (Lipinski definition) is 0. The van der Waals surface area contributed by atoms with Crippen LogP contribution in [0.25, 0.3) is 0 Å². The zero-order valence-corrected chi connectivity index (χ0v) is 49.1. The van der Waals surface area contributed by atoms with Crippen LogP contribution in [0.4, 0.5) is 0 Å². The Morgan fingerprint density at radius 3 is 0.540 bits per heavy atom. The van der Waals surface area contributed by atoms with Gasteiger partial charge >= 0.3 is 62.8 Å². The number of hydrogen-bond acceptors (Lipinski definition) is 20. The lowest BCUT2D eigenvalue weighted by atomic mass is 10.6. The maximum atomic E-state index is 6.95. The van der Waals surface area contributed by atoms with Crippen LogP contribution in [-0.4, -0.2) is 167 Å². The van der Waals surface area contributed by atoms with E-state index in [9.17, 15) is 0 Å². The SMILES string of the molecule is CCO[Si](CCCCl)(OCC)O[Si](OCC)(OCC)O[Si](OCC)(OCC)O[Si](OCC)(OCC)O[Si](OCC)(OCC)O[Si](OCC)(OCC)O[Si](CCCCl)(OCC)OCC. The van der Waals surface area contributed by atoms with Crippen LogP contribution in [0.5, 0.6) is 0 Å². The molecule has 380 valence electrons. The zero-order chi connectivity index (χ0) is 47.8. The average Bonchev–Trinajstić information content (AvgIpc) is 3.20.